The molecule has 0 radical (unpaired) electrons. The van der Waals surface area contributed by atoms with E-state index in [2.05, 4.69) is 20.6 Å². The zero-order valence-electron chi connectivity index (χ0n) is 11.1. The number of nitrogens with one attached hydrogen (secondary N) is 2. The van der Waals surface area contributed by atoms with Gasteiger partial charge in [0.05, 0.1) is 25.4 Å². The molecule has 1 saturated heterocycles. The quantitative estimate of drug-likeness (QED) is 0.713. The van der Waals surface area contributed by atoms with Gasteiger partial charge in [-0.05, 0) is 19.3 Å². The van der Waals surface area contributed by atoms with Gasteiger partial charge in [-0.15, -0.1) is 0 Å². The highest BCUT2D eigenvalue weighted by Crippen LogP contribution is 2.19. The number of amides is 1. The average Bonchev–Trinajstić information content (AvgIpc) is 2.80. The molecule has 0 bridgehead atoms. The number of anilines is 1. The summed E-state index contributed by atoms with van der Waals surface area (Å²) in [4.78, 5) is 20.2. The predicted octanol–water partition coefficient (Wildman–Crippen LogP) is -0.0695. The Morgan fingerprint density at radius 1 is 1.30 bits per heavy atom. The Balaban J connectivity index is 1.60. The van der Waals surface area contributed by atoms with E-state index in [0.717, 1.165) is 12.8 Å². The predicted molar refractivity (Wildman–Crippen MR) is 71.4 cm³/mol. The molecule has 1 aliphatic heterocycles. The van der Waals surface area contributed by atoms with E-state index in [1.807, 2.05) is 0 Å². The van der Waals surface area contributed by atoms with Crippen LogP contribution in [0.1, 0.15) is 29.8 Å². The van der Waals surface area contributed by atoms with Crippen molar-refractivity contribution in [2.24, 2.45) is 0 Å². The first-order valence-corrected chi connectivity index (χ1v) is 6.86. The molecule has 1 aromatic heterocycles. The van der Waals surface area contributed by atoms with Crippen molar-refractivity contribution >= 4 is 11.7 Å². The van der Waals surface area contributed by atoms with Crippen LogP contribution in [-0.2, 0) is 4.74 Å². The molecular formula is C13H18N4O3. The van der Waals surface area contributed by atoms with Crippen molar-refractivity contribution in [1.29, 1.82) is 0 Å². The summed E-state index contributed by atoms with van der Waals surface area (Å²) >= 11 is 0. The number of aromatic nitrogens is 2. The molecular weight excluding hydrogens is 260 g/mol. The molecule has 2 heterocycles. The second kappa shape index (κ2) is 5.72. The van der Waals surface area contributed by atoms with Crippen LogP contribution in [0.15, 0.2) is 12.4 Å². The van der Waals surface area contributed by atoms with Crippen molar-refractivity contribution in [3.05, 3.63) is 18.1 Å². The van der Waals surface area contributed by atoms with Crippen molar-refractivity contribution in [2.75, 3.05) is 18.5 Å². The van der Waals surface area contributed by atoms with Crippen LogP contribution in [0, 0.1) is 0 Å². The van der Waals surface area contributed by atoms with E-state index in [-0.39, 0.29) is 24.1 Å². The average molecular weight is 278 g/mol. The molecule has 2 aliphatic rings. The van der Waals surface area contributed by atoms with Gasteiger partial charge in [-0.25, -0.2) is 9.97 Å². The number of ether oxygens (including phenoxy) is 1. The second-order valence-corrected chi connectivity index (χ2v) is 5.30. The van der Waals surface area contributed by atoms with E-state index >= 15 is 0 Å². The molecule has 108 valence electrons. The molecule has 7 nitrogen and oxygen atoms in total. The maximum atomic E-state index is 12.1. The van der Waals surface area contributed by atoms with Gasteiger partial charge in [-0.1, -0.05) is 0 Å². The lowest BCUT2D eigenvalue weighted by Crippen LogP contribution is -2.40. The topological polar surface area (TPSA) is 96.4 Å². The minimum Gasteiger partial charge on any atom is -0.393 e. The number of rotatable bonds is 4. The van der Waals surface area contributed by atoms with E-state index in [0.29, 0.717) is 31.1 Å². The third kappa shape index (κ3) is 3.05. The first-order valence-electron chi connectivity index (χ1n) is 6.86. The molecule has 2 fully saturated rings. The summed E-state index contributed by atoms with van der Waals surface area (Å²) in [6.07, 6.45) is 3.23. The third-order valence-electron chi connectivity index (χ3n) is 3.63. The van der Waals surface area contributed by atoms with E-state index in [9.17, 15) is 9.90 Å². The number of aliphatic hydroxyl groups excluding tert-OH is 1. The number of aliphatic hydroxyl groups is 1. The largest absolute Gasteiger partial charge is 0.393 e. The number of hydrogen-bond acceptors (Lipinski definition) is 6. The lowest BCUT2D eigenvalue weighted by atomic mass is 10.2. The van der Waals surface area contributed by atoms with Crippen molar-refractivity contribution in [2.45, 2.75) is 37.5 Å². The minimum absolute atomic E-state index is 0.0314. The van der Waals surface area contributed by atoms with Gasteiger partial charge in [0, 0.05) is 12.1 Å². The lowest BCUT2D eigenvalue weighted by Gasteiger charge is -2.27. The Labute approximate surface area is 116 Å². The molecule has 2 unspecified atom stereocenters. The van der Waals surface area contributed by atoms with E-state index in [1.165, 1.54) is 6.33 Å². The fourth-order valence-corrected chi connectivity index (χ4v) is 2.44. The van der Waals surface area contributed by atoms with Crippen LogP contribution >= 0.6 is 0 Å². The number of carbonyl (C=O) groups excluding carboxylic acids is 1. The maximum Gasteiger partial charge on any atom is 0.270 e. The molecule has 1 saturated carbocycles. The molecule has 7 heteroatoms. The van der Waals surface area contributed by atoms with E-state index in [1.54, 1.807) is 6.07 Å². The number of hydrogen-bond donors (Lipinski definition) is 3. The van der Waals surface area contributed by atoms with Crippen molar-refractivity contribution in [3.8, 4) is 0 Å². The van der Waals surface area contributed by atoms with Crippen molar-refractivity contribution in [3.63, 3.8) is 0 Å². The lowest BCUT2D eigenvalue weighted by molar-refractivity contribution is 0.0209. The fraction of sp³-hybridized carbons (Fsp3) is 0.615. The molecule has 3 N–H and O–H groups in total. The Morgan fingerprint density at radius 3 is 2.80 bits per heavy atom. The summed E-state index contributed by atoms with van der Waals surface area (Å²) in [5, 5.41) is 15.5. The van der Waals surface area contributed by atoms with Crippen LogP contribution < -0.4 is 10.6 Å². The van der Waals surface area contributed by atoms with Gasteiger partial charge in [0.2, 0.25) is 0 Å². The highest BCUT2D eigenvalue weighted by atomic mass is 16.5. The molecule has 2 atom stereocenters. The first-order chi connectivity index (χ1) is 9.70. The second-order valence-electron chi connectivity index (χ2n) is 5.30. The van der Waals surface area contributed by atoms with Crippen LogP contribution in [0.25, 0.3) is 0 Å². The van der Waals surface area contributed by atoms with Gasteiger partial charge in [-0.2, -0.15) is 0 Å². The van der Waals surface area contributed by atoms with E-state index < -0.39 is 0 Å². The maximum absolute atomic E-state index is 12.1. The summed E-state index contributed by atoms with van der Waals surface area (Å²) in [6.45, 7) is 1.32. The molecule has 3 rings (SSSR count). The van der Waals surface area contributed by atoms with Gasteiger partial charge in [0.1, 0.15) is 17.8 Å². The zero-order valence-corrected chi connectivity index (χ0v) is 11.1. The smallest absolute Gasteiger partial charge is 0.270 e. The normalized spacial score (nSPS) is 26.1. The first kappa shape index (κ1) is 13.3. The Kier molecular flexibility index (Phi) is 3.79. The molecule has 0 aromatic carbocycles. The monoisotopic (exact) mass is 278 g/mol. The third-order valence-corrected chi connectivity index (χ3v) is 3.63. The summed E-state index contributed by atoms with van der Waals surface area (Å²) < 4.78 is 5.07. The van der Waals surface area contributed by atoms with Crippen LogP contribution in [0.2, 0.25) is 0 Å². The fourth-order valence-electron chi connectivity index (χ4n) is 2.44. The molecule has 20 heavy (non-hydrogen) atoms. The summed E-state index contributed by atoms with van der Waals surface area (Å²) in [5.74, 6) is 0.407. The summed E-state index contributed by atoms with van der Waals surface area (Å²) in [5.41, 5.74) is 0.337. The highest BCUT2D eigenvalue weighted by Gasteiger charge is 2.25. The zero-order chi connectivity index (χ0) is 13.9. The highest BCUT2D eigenvalue weighted by molar-refractivity contribution is 5.93. The van der Waals surface area contributed by atoms with Gasteiger partial charge in [-0.3, -0.25) is 4.79 Å². The van der Waals surface area contributed by atoms with E-state index in [4.69, 9.17) is 4.74 Å². The Hall–Kier alpha value is -1.73. The van der Waals surface area contributed by atoms with Crippen LogP contribution in [0.4, 0.5) is 5.82 Å². The SMILES string of the molecule is O=C(NC1CCC(O)C1)c1cc(NC2COC2)ncn1. The molecule has 1 amide bonds. The summed E-state index contributed by atoms with van der Waals surface area (Å²) in [7, 11) is 0. The van der Waals surface area contributed by atoms with Gasteiger partial charge >= 0.3 is 0 Å². The molecule has 1 aromatic rings. The molecule has 0 spiro atoms. The van der Waals surface area contributed by atoms with Gasteiger partial charge in [0.15, 0.2) is 0 Å². The minimum atomic E-state index is -0.304. The van der Waals surface area contributed by atoms with Crippen LogP contribution in [0.5, 0.6) is 0 Å². The number of carbonyl (C=O) groups is 1. The Bertz CT molecular complexity index is 492. The molecule has 1 aliphatic carbocycles. The van der Waals surface area contributed by atoms with Crippen molar-refractivity contribution < 1.29 is 14.6 Å². The van der Waals surface area contributed by atoms with Gasteiger partial charge in [0.25, 0.3) is 5.91 Å². The van der Waals surface area contributed by atoms with Gasteiger partial charge < -0.3 is 20.5 Å². The number of nitrogens with zero attached hydrogens (tertiary/aromatic N) is 2. The van der Waals surface area contributed by atoms with Crippen molar-refractivity contribution in [1.82, 2.24) is 15.3 Å². The van der Waals surface area contributed by atoms with Crippen LogP contribution in [-0.4, -0.2) is 52.4 Å². The summed E-state index contributed by atoms with van der Waals surface area (Å²) in [6, 6.07) is 1.92. The van der Waals surface area contributed by atoms with Crippen LogP contribution in [0.3, 0.4) is 0 Å². The standard InChI is InChI=1S/C13H18N4O3/c18-10-2-1-8(3-10)17-13(19)11-4-12(15-7-14-11)16-9-5-20-6-9/h4,7-10,18H,1-3,5-6H2,(H,17,19)(H,14,15,16). The Morgan fingerprint density at radius 2 is 2.15 bits per heavy atom.